The molecule has 0 unspecified atom stereocenters. The summed E-state index contributed by atoms with van der Waals surface area (Å²) in [5.41, 5.74) is 0.567. The summed E-state index contributed by atoms with van der Waals surface area (Å²) in [7, 11) is 0. The van der Waals surface area contributed by atoms with Gasteiger partial charge in [0.15, 0.2) is 0 Å². The molecule has 5 heteroatoms. The van der Waals surface area contributed by atoms with Gasteiger partial charge in [0, 0.05) is 9.37 Å². The van der Waals surface area contributed by atoms with Gasteiger partial charge in [-0.05, 0) is 46.3 Å². The maximum absolute atomic E-state index is 12.0. The number of thiol groups is 1. The Morgan fingerprint density at radius 3 is 2.70 bits per heavy atom. The molecule has 0 saturated heterocycles. The fourth-order valence-corrected chi connectivity index (χ4v) is 2.26. The fraction of sp³-hybridized carbons (Fsp3) is 0.133. The molecular formula is C15H14BrNO2S. The van der Waals surface area contributed by atoms with Crippen molar-refractivity contribution in [1.29, 1.82) is 0 Å². The summed E-state index contributed by atoms with van der Waals surface area (Å²) >= 11 is 7.58. The van der Waals surface area contributed by atoms with E-state index in [1.807, 2.05) is 36.4 Å². The average molecular weight is 352 g/mol. The zero-order valence-electron chi connectivity index (χ0n) is 10.7. The van der Waals surface area contributed by atoms with Gasteiger partial charge in [-0.1, -0.05) is 18.2 Å². The molecule has 20 heavy (non-hydrogen) atoms. The van der Waals surface area contributed by atoms with Gasteiger partial charge in [0.1, 0.15) is 12.4 Å². The number of ether oxygens (including phenoxy) is 1. The third-order valence-corrected chi connectivity index (χ3v) is 3.56. The Morgan fingerprint density at radius 1 is 1.20 bits per heavy atom. The van der Waals surface area contributed by atoms with Crippen LogP contribution in [0.2, 0.25) is 0 Å². The molecule has 0 aliphatic rings. The first-order valence-electron chi connectivity index (χ1n) is 6.11. The summed E-state index contributed by atoms with van der Waals surface area (Å²) in [6.45, 7) is 0.866. The highest BCUT2D eigenvalue weighted by Crippen LogP contribution is 2.20. The summed E-state index contributed by atoms with van der Waals surface area (Å²) < 4.78 is 6.25. The molecule has 2 rings (SSSR count). The second kappa shape index (κ2) is 7.36. The molecule has 0 aliphatic heterocycles. The van der Waals surface area contributed by atoms with Crippen molar-refractivity contribution in [3.05, 3.63) is 58.6 Å². The van der Waals surface area contributed by atoms with E-state index in [0.717, 1.165) is 15.1 Å². The van der Waals surface area contributed by atoms with E-state index < -0.39 is 0 Å². The monoisotopic (exact) mass is 351 g/mol. The van der Waals surface area contributed by atoms with Crippen LogP contribution in [0.25, 0.3) is 0 Å². The molecule has 0 aromatic heterocycles. The Kier molecular flexibility index (Phi) is 5.49. The van der Waals surface area contributed by atoms with Gasteiger partial charge in [-0.2, -0.15) is 0 Å². The molecular weight excluding hydrogens is 338 g/mol. The van der Waals surface area contributed by atoms with Gasteiger partial charge in [0.2, 0.25) is 0 Å². The van der Waals surface area contributed by atoms with Crippen molar-refractivity contribution in [3.63, 3.8) is 0 Å². The van der Waals surface area contributed by atoms with Gasteiger partial charge in [-0.25, -0.2) is 0 Å². The second-order valence-electron chi connectivity index (χ2n) is 4.08. The molecule has 0 atom stereocenters. The lowest BCUT2D eigenvalue weighted by Crippen LogP contribution is -2.28. The summed E-state index contributed by atoms with van der Waals surface area (Å²) in [6, 6.07) is 14.8. The molecule has 0 radical (unpaired) electrons. The Balaban J connectivity index is 1.82. The molecule has 2 aromatic rings. The Bertz CT molecular complexity index is 590. The van der Waals surface area contributed by atoms with Crippen LogP contribution in [-0.4, -0.2) is 19.1 Å². The van der Waals surface area contributed by atoms with E-state index in [2.05, 4.69) is 33.9 Å². The molecule has 0 heterocycles. The van der Waals surface area contributed by atoms with E-state index in [0.29, 0.717) is 18.7 Å². The quantitative estimate of drug-likeness (QED) is 0.638. The van der Waals surface area contributed by atoms with Crippen molar-refractivity contribution >= 4 is 34.5 Å². The molecule has 1 N–H and O–H groups in total. The topological polar surface area (TPSA) is 38.3 Å². The lowest BCUT2D eigenvalue weighted by Gasteiger charge is -2.09. The minimum absolute atomic E-state index is 0.149. The number of para-hydroxylation sites is 1. The summed E-state index contributed by atoms with van der Waals surface area (Å²) in [5.74, 6) is 0.643. The highest BCUT2D eigenvalue weighted by Gasteiger charge is 2.09. The third kappa shape index (κ3) is 4.28. The van der Waals surface area contributed by atoms with Gasteiger partial charge in [-0.3, -0.25) is 4.79 Å². The van der Waals surface area contributed by atoms with Crippen molar-refractivity contribution in [3.8, 4) is 5.75 Å². The molecule has 0 spiro atoms. The van der Waals surface area contributed by atoms with E-state index in [1.54, 1.807) is 12.1 Å². The van der Waals surface area contributed by atoms with Crippen LogP contribution in [0.1, 0.15) is 10.4 Å². The first-order chi connectivity index (χ1) is 9.66. The number of rotatable bonds is 5. The standard InChI is InChI=1S/C15H14BrNO2S/c16-14-7-6-12(20)10-13(14)15(18)17-8-9-19-11-4-2-1-3-5-11/h1-7,10,20H,8-9H2,(H,17,18). The summed E-state index contributed by atoms with van der Waals surface area (Å²) in [5, 5.41) is 2.81. The van der Waals surface area contributed by atoms with E-state index >= 15 is 0 Å². The predicted molar refractivity (Wildman–Crippen MR) is 85.7 cm³/mol. The van der Waals surface area contributed by atoms with Gasteiger partial charge in [0.25, 0.3) is 5.91 Å². The average Bonchev–Trinajstić information content (AvgIpc) is 2.47. The van der Waals surface area contributed by atoms with Crippen LogP contribution in [0.4, 0.5) is 0 Å². The molecule has 1 amide bonds. The lowest BCUT2D eigenvalue weighted by molar-refractivity contribution is 0.0946. The Labute approximate surface area is 131 Å². The maximum atomic E-state index is 12.0. The largest absolute Gasteiger partial charge is 0.492 e. The maximum Gasteiger partial charge on any atom is 0.252 e. The first-order valence-corrected chi connectivity index (χ1v) is 7.35. The molecule has 0 fully saturated rings. The Hall–Kier alpha value is -1.46. The minimum atomic E-state index is -0.149. The zero-order valence-corrected chi connectivity index (χ0v) is 13.2. The van der Waals surface area contributed by atoms with Crippen LogP contribution < -0.4 is 10.1 Å². The number of nitrogens with one attached hydrogen (secondary N) is 1. The van der Waals surface area contributed by atoms with Crippen molar-refractivity contribution < 1.29 is 9.53 Å². The van der Waals surface area contributed by atoms with Crippen LogP contribution in [0, 0.1) is 0 Å². The molecule has 0 aliphatic carbocycles. The molecule has 0 bridgehead atoms. The number of amides is 1. The van der Waals surface area contributed by atoms with Gasteiger partial charge >= 0.3 is 0 Å². The van der Waals surface area contributed by atoms with Crippen LogP contribution in [0.15, 0.2) is 57.9 Å². The van der Waals surface area contributed by atoms with Gasteiger partial charge < -0.3 is 10.1 Å². The third-order valence-electron chi connectivity index (χ3n) is 2.59. The smallest absolute Gasteiger partial charge is 0.252 e. The van der Waals surface area contributed by atoms with Gasteiger partial charge in [0.05, 0.1) is 12.1 Å². The highest BCUT2D eigenvalue weighted by atomic mass is 79.9. The van der Waals surface area contributed by atoms with Crippen LogP contribution in [0.5, 0.6) is 5.75 Å². The van der Waals surface area contributed by atoms with E-state index in [9.17, 15) is 4.79 Å². The van der Waals surface area contributed by atoms with Crippen molar-refractivity contribution in [2.45, 2.75) is 4.90 Å². The minimum Gasteiger partial charge on any atom is -0.492 e. The SMILES string of the molecule is O=C(NCCOc1ccccc1)c1cc(S)ccc1Br. The molecule has 0 saturated carbocycles. The number of benzene rings is 2. The fourth-order valence-electron chi connectivity index (χ4n) is 1.63. The van der Waals surface area contributed by atoms with Crippen molar-refractivity contribution in [2.75, 3.05) is 13.2 Å². The van der Waals surface area contributed by atoms with Crippen molar-refractivity contribution in [1.82, 2.24) is 5.32 Å². The van der Waals surface area contributed by atoms with E-state index in [1.165, 1.54) is 0 Å². The predicted octanol–water partition coefficient (Wildman–Crippen LogP) is 3.55. The number of halogens is 1. The Morgan fingerprint density at radius 2 is 1.95 bits per heavy atom. The van der Waals surface area contributed by atoms with Crippen LogP contribution in [0.3, 0.4) is 0 Å². The van der Waals surface area contributed by atoms with Gasteiger partial charge in [-0.15, -0.1) is 12.6 Å². The van der Waals surface area contributed by atoms with E-state index in [4.69, 9.17) is 4.74 Å². The number of hydrogen-bond acceptors (Lipinski definition) is 3. The number of hydrogen-bond donors (Lipinski definition) is 2. The highest BCUT2D eigenvalue weighted by molar-refractivity contribution is 9.10. The molecule has 2 aromatic carbocycles. The normalized spacial score (nSPS) is 10.1. The van der Waals surface area contributed by atoms with Crippen LogP contribution in [-0.2, 0) is 0 Å². The number of carbonyl (C=O) groups excluding carboxylic acids is 1. The number of carbonyl (C=O) groups is 1. The zero-order chi connectivity index (χ0) is 14.4. The van der Waals surface area contributed by atoms with E-state index in [-0.39, 0.29) is 5.91 Å². The summed E-state index contributed by atoms with van der Waals surface area (Å²) in [4.78, 5) is 12.7. The van der Waals surface area contributed by atoms with Crippen molar-refractivity contribution in [2.24, 2.45) is 0 Å². The molecule has 104 valence electrons. The molecule has 3 nitrogen and oxygen atoms in total. The summed E-state index contributed by atoms with van der Waals surface area (Å²) in [6.07, 6.45) is 0. The van der Waals surface area contributed by atoms with Crippen LogP contribution >= 0.6 is 28.6 Å². The lowest BCUT2D eigenvalue weighted by atomic mass is 10.2. The second-order valence-corrected chi connectivity index (χ2v) is 5.45. The first kappa shape index (κ1) is 14.9.